The number of hydrogen-bond donors (Lipinski definition) is 0. The van der Waals surface area contributed by atoms with Crippen molar-refractivity contribution in [2.75, 3.05) is 38.1 Å². The van der Waals surface area contributed by atoms with Gasteiger partial charge in [-0.15, -0.1) is 0 Å². The van der Waals surface area contributed by atoms with Crippen LogP contribution in [0, 0.1) is 0 Å². The van der Waals surface area contributed by atoms with Gasteiger partial charge in [0.15, 0.2) is 0 Å². The van der Waals surface area contributed by atoms with Gasteiger partial charge < -0.3 is 9.80 Å². The van der Waals surface area contributed by atoms with Crippen molar-refractivity contribution in [1.82, 2.24) is 29.5 Å². The molecular formula is C20H23F6N7O2. The minimum absolute atomic E-state index is 0.0427. The minimum Gasteiger partial charge on any atom is -0.339 e. The Morgan fingerprint density at radius 2 is 1.66 bits per heavy atom. The highest BCUT2D eigenvalue weighted by molar-refractivity contribution is 5.77. The maximum Gasteiger partial charge on any atom is 0.421 e. The van der Waals surface area contributed by atoms with Crippen molar-refractivity contribution in [3.63, 3.8) is 0 Å². The Bertz CT molecular complexity index is 1080. The number of piperazine rings is 1. The Balaban J connectivity index is 1.53. The third-order valence-electron chi connectivity index (χ3n) is 5.68. The fourth-order valence-electron chi connectivity index (χ4n) is 3.44. The van der Waals surface area contributed by atoms with Crippen LogP contribution in [0.1, 0.15) is 24.5 Å². The highest BCUT2D eigenvalue weighted by atomic mass is 19.4. The lowest BCUT2D eigenvalue weighted by Gasteiger charge is -2.36. The van der Waals surface area contributed by atoms with Crippen molar-refractivity contribution in [1.29, 1.82) is 0 Å². The number of rotatable bonds is 6. The maximum absolute atomic E-state index is 12.9. The van der Waals surface area contributed by atoms with Crippen molar-refractivity contribution >= 4 is 11.9 Å². The second-order valence-electron chi connectivity index (χ2n) is 8.14. The Labute approximate surface area is 196 Å². The Kier molecular flexibility index (Phi) is 7.67. The summed E-state index contributed by atoms with van der Waals surface area (Å²) < 4.78 is 77.5. The summed E-state index contributed by atoms with van der Waals surface area (Å²) in [6, 6.07) is 0.197. The maximum atomic E-state index is 12.9. The lowest BCUT2D eigenvalue weighted by atomic mass is 10.2. The van der Waals surface area contributed by atoms with Gasteiger partial charge in [0.05, 0.1) is 12.2 Å². The molecule has 2 aromatic heterocycles. The smallest absolute Gasteiger partial charge is 0.339 e. The molecule has 0 aromatic carbocycles. The van der Waals surface area contributed by atoms with Crippen LogP contribution in [0.5, 0.6) is 0 Å². The van der Waals surface area contributed by atoms with Crippen molar-refractivity contribution in [3.8, 4) is 0 Å². The Morgan fingerprint density at radius 3 is 2.20 bits per heavy atom. The number of alkyl halides is 6. The second kappa shape index (κ2) is 10.2. The molecule has 1 aliphatic rings. The van der Waals surface area contributed by atoms with Crippen molar-refractivity contribution in [2.24, 2.45) is 0 Å². The van der Waals surface area contributed by atoms with E-state index in [9.17, 15) is 35.9 Å². The summed E-state index contributed by atoms with van der Waals surface area (Å²) in [7, 11) is 1.56. The van der Waals surface area contributed by atoms with Crippen LogP contribution in [0.25, 0.3) is 0 Å². The van der Waals surface area contributed by atoms with E-state index in [1.807, 2.05) is 0 Å². The lowest BCUT2D eigenvalue weighted by molar-refractivity contribution is -0.139. The summed E-state index contributed by atoms with van der Waals surface area (Å²) in [5, 5.41) is 3.69. The van der Waals surface area contributed by atoms with Gasteiger partial charge in [0.25, 0.3) is 5.56 Å². The van der Waals surface area contributed by atoms with E-state index in [-0.39, 0.29) is 24.9 Å². The SMILES string of the molecule is CC(CC(=O)N1CCN(c2ncc(C(F)(F)F)cn2)CC1)N(C)Cn1nccc(C(F)(F)F)c1=O. The average Bonchev–Trinajstić information content (AvgIpc) is 2.79. The van der Waals surface area contributed by atoms with Crippen molar-refractivity contribution in [2.45, 2.75) is 38.4 Å². The molecule has 3 rings (SSSR count). The van der Waals surface area contributed by atoms with Gasteiger partial charge in [-0.05, 0) is 20.0 Å². The molecule has 3 heterocycles. The fourth-order valence-corrected chi connectivity index (χ4v) is 3.44. The van der Waals surface area contributed by atoms with Crippen LogP contribution in [0.2, 0.25) is 0 Å². The molecule has 192 valence electrons. The Morgan fingerprint density at radius 1 is 1.06 bits per heavy atom. The fraction of sp³-hybridized carbons (Fsp3) is 0.550. The second-order valence-corrected chi connectivity index (χ2v) is 8.14. The lowest BCUT2D eigenvalue weighted by Crippen LogP contribution is -2.50. The first-order chi connectivity index (χ1) is 16.3. The van der Waals surface area contributed by atoms with Crippen LogP contribution in [0.15, 0.2) is 29.5 Å². The number of carbonyl (C=O) groups is 1. The molecule has 0 N–H and O–H groups in total. The summed E-state index contributed by atoms with van der Waals surface area (Å²) in [4.78, 5) is 37.1. The first kappa shape index (κ1) is 26.4. The number of hydrogen-bond acceptors (Lipinski definition) is 7. The highest BCUT2D eigenvalue weighted by Crippen LogP contribution is 2.28. The molecule has 0 bridgehead atoms. The van der Waals surface area contributed by atoms with Crippen LogP contribution in [0.4, 0.5) is 32.3 Å². The van der Waals surface area contributed by atoms with E-state index in [0.717, 1.165) is 6.20 Å². The van der Waals surface area contributed by atoms with E-state index in [1.54, 1.807) is 28.7 Å². The molecule has 1 unspecified atom stereocenters. The van der Waals surface area contributed by atoms with E-state index in [1.165, 1.54) is 0 Å². The van der Waals surface area contributed by atoms with Crippen LogP contribution >= 0.6 is 0 Å². The zero-order valence-corrected chi connectivity index (χ0v) is 18.8. The molecule has 35 heavy (non-hydrogen) atoms. The molecule has 1 amide bonds. The molecule has 1 fully saturated rings. The van der Waals surface area contributed by atoms with Crippen LogP contribution in [-0.4, -0.2) is 74.7 Å². The normalized spacial score (nSPS) is 16.0. The van der Waals surface area contributed by atoms with Gasteiger partial charge >= 0.3 is 12.4 Å². The summed E-state index contributed by atoms with van der Waals surface area (Å²) in [6.45, 7) is 2.71. The van der Waals surface area contributed by atoms with Gasteiger partial charge in [0.2, 0.25) is 11.9 Å². The van der Waals surface area contributed by atoms with E-state index >= 15 is 0 Å². The van der Waals surface area contributed by atoms with Gasteiger partial charge in [0, 0.05) is 57.2 Å². The van der Waals surface area contributed by atoms with Gasteiger partial charge in [-0.3, -0.25) is 14.5 Å². The third kappa shape index (κ3) is 6.46. The molecular weight excluding hydrogens is 484 g/mol. The number of halogens is 6. The first-order valence-electron chi connectivity index (χ1n) is 10.5. The molecule has 1 aliphatic heterocycles. The van der Waals surface area contributed by atoms with E-state index in [2.05, 4.69) is 15.1 Å². The summed E-state index contributed by atoms with van der Waals surface area (Å²) in [5.74, 6) is -0.0704. The molecule has 0 radical (unpaired) electrons. The van der Waals surface area contributed by atoms with E-state index < -0.39 is 35.1 Å². The van der Waals surface area contributed by atoms with Gasteiger partial charge in [-0.2, -0.15) is 31.4 Å². The topological polar surface area (TPSA) is 87.5 Å². The zero-order chi connectivity index (χ0) is 26.0. The van der Waals surface area contributed by atoms with Crippen LogP contribution < -0.4 is 10.5 Å². The summed E-state index contributed by atoms with van der Waals surface area (Å²) in [6.07, 6.45) is -6.97. The van der Waals surface area contributed by atoms with Gasteiger partial charge in [-0.1, -0.05) is 0 Å². The number of aromatic nitrogens is 4. The predicted molar refractivity (Wildman–Crippen MR) is 111 cm³/mol. The quantitative estimate of drug-likeness (QED) is 0.554. The number of anilines is 1. The first-order valence-corrected chi connectivity index (χ1v) is 10.5. The van der Waals surface area contributed by atoms with Crippen LogP contribution in [-0.2, 0) is 23.8 Å². The van der Waals surface area contributed by atoms with Gasteiger partial charge in [-0.25, -0.2) is 14.6 Å². The minimum atomic E-state index is -4.80. The molecule has 1 atom stereocenters. The monoisotopic (exact) mass is 507 g/mol. The summed E-state index contributed by atoms with van der Waals surface area (Å²) in [5.41, 5.74) is -3.54. The van der Waals surface area contributed by atoms with Crippen molar-refractivity contribution in [3.05, 3.63) is 46.1 Å². The zero-order valence-electron chi connectivity index (χ0n) is 18.8. The molecule has 1 saturated heterocycles. The van der Waals surface area contributed by atoms with E-state index in [0.29, 0.717) is 49.3 Å². The van der Waals surface area contributed by atoms with E-state index in [4.69, 9.17) is 0 Å². The largest absolute Gasteiger partial charge is 0.421 e. The number of carbonyl (C=O) groups excluding carboxylic acids is 1. The molecule has 9 nitrogen and oxygen atoms in total. The third-order valence-corrected chi connectivity index (χ3v) is 5.68. The molecule has 2 aromatic rings. The molecule has 15 heteroatoms. The highest BCUT2D eigenvalue weighted by Gasteiger charge is 2.35. The summed E-state index contributed by atoms with van der Waals surface area (Å²) >= 11 is 0. The average molecular weight is 507 g/mol. The standard InChI is InChI=1S/C20H23F6N7O2/c1-13(30(2)12-33-17(35)15(3-4-29-33)20(24,25)26)9-16(34)31-5-7-32(8-6-31)18-27-10-14(11-28-18)19(21,22)23/h3-4,10-11,13H,5-9,12H2,1-2H3. The Hall–Kier alpha value is -3.23. The predicted octanol–water partition coefficient (Wildman–Crippen LogP) is 2.09. The number of amides is 1. The molecule has 0 aliphatic carbocycles. The van der Waals surface area contributed by atoms with Crippen LogP contribution in [0.3, 0.4) is 0 Å². The molecule has 0 spiro atoms. The van der Waals surface area contributed by atoms with Crippen molar-refractivity contribution < 1.29 is 31.1 Å². The number of nitrogens with zero attached hydrogens (tertiary/aromatic N) is 7. The van der Waals surface area contributed by atoms with Gasteiger partial charge in [0.1, 0.15) is 5.56 Å². The molecule has 0 saturated carbocycles.